The molecule has 0 amide bonds. The number of fused-ring (bicyclic) bond motifs is 3. The summed E-state index contributed by atoms with van der Waals surface area (Å²) in [7, 11) is 1.68. The summed E-state index contributed by atoms with van der Waals surface area (Å²) in [6, 6.07) is 24.9. The summed E-state index contributed by atoms with van der Waals surface area (Å²) in [4.78, 5) is 2.51. The molecule has 0 radical (unpaired) electrons. The smallest absolute Gasteiger partial charge is 0.122 e. The normalized spacial score (nSPS) is 19.8. The third kappa shape index (κ3) is 4.26. The molecule has 0 aliphatic carbocycles. The largest absolute Gasteiger partial charge is 0.497 e. The van der Waals surface area contributed by atoms with Crippen molar-refractivity contribution < 1.29 is 9.47 Å². The number of benzene rings is 3. The van der Waals surface area contributed by atoms with Gasteiger partial charge in [-0.2, -0.15) is 5.26 Å². The first-order valence-corrected chi connectivity index (χ1v) is 11.0. The fourth-order valence-electron chi connectivity index (χ4n) is 4.75. The average Bonchev–Trinajstić information content (AvgIpc) is 3.26. The molecule has 1 saturated heterocycles. The zero-order valence-electron chi connectivity index (χ0n) is 18.2. The second-order valence-electron chi connectivity index (χ2n) is 8.58. The SMILES string of the molecule is COc1ccc(/C=C/c2ccc(CN3C[C@@H]4COc5ccc(C#N)cc5[C@H]4C3)cc2)cc1. The Hall–Kier alpha value is -3.55. The highest BCUT2D eigenvalue weighted by Crippen LogP contribution is 2.42. The van der Waals surface area contributed by atoms with E-state index >= 15 is 0 Å². The Morgan fingerprint density at radius 2 is 1.72 bits per heavy atom. The van der Waals surface area contributed by atoms with Gasteiger partial charge in [0.15, 0.2) is 0 Å². The number of likely N-dealkylation sites (tertiary alicyclic amines) is 1. The van der Waals surface area contributed by atoms with Crippen LogP contribution in [0, 0.1) is 17.2 Å². The van der Waals surface area contributed by atoms with Crippen LogP contribution in [0.2, 0.25) is 0 Å². The van der Waals surface area contributed by atoms with Crippen LogP contribution >= 0.6 is 0 Å². The van der Waals surface area contributed by atoms with E-state index in [-0.39, 0.29) is 0 Å². The molecule has 2 atom stereocenters. The second-order valence-corrected chi connectivity index (χ2v) is 8.58. The maximum Gasteiger partial charge on any atom is 0.122 e. The molecule has 32 heavy (non-hydrogen) atoms. The van der Waals surface area contributed by atoms with Gasteiger partial charge in [0.2, 0.25) is 0 Å². The highest BCUT2D eigenvalue weighted by molar-refractivity contribution is 5.69. The van der Waals surface area contributed by atoms with Gasteiger partial charge in [-0.1, -0.05) is 48.6 Å². The van der Waals surface area contributed by atoms with Gasteiger partial charge in [-0.05, 0) is 47.0 Å². The van der Waals surface area contributed by atoms with Gasteiger partial charge in [-0.25, -0.2) is 0 Å². The fourth-order valence-corrected chi connectivity index (χ4v) is 4.75. The molecule has 160 valence electrons. The van der Waals surface area contributed by atoms with Gasteiger partial charge in [0.25, 0.3) is 0 Å². The van der Waals surface area contributed by atoms with E-state index in [4.69, 9.17) is 9.47 Å². The van der Waals surface area contributed by atoms with Crippen molar-refractivity contribution in [3.05, 3.63) is 94.5 Å². The van der Waals surface area contributed by atoms with E-state index < -0.39 is 0 Å². The maximum absolute atomic E-state index is 9.26. The van der Waals surface area contributed by atoms with Crippen LogP contribution in [0.25, 0.3) is 12.2 Å². The zero-order valence-corrected chi connectivity index (χ0v) is 18.2. The molecule has 4 heteroatoms. The summed E-state index contributed by atoms with van der Waals surface area (Å²) >= 11 is 0. The Balaban J connectivity index is 1.22. The molecular weight excluding hydrogens is 396 g/mol. The van der Waals surface area contributed by atoms with Gasteiger partial charge < -0.3 is 9.47 Å². The average molecular weight is 423 g/mol. The van der Waals surface area contributed by atoms with E-state index in [1.807, 2.05) is 30.3 Å². The number of hydrogen-bond acceptors (Lipinski definition) is 4. The monoisotopic (exact) mass is 422 g/mol. The minimum Gasteiger partial charge on any atom is -0.497 e. The lowest BCUT2D eigenvalue weighted by Gasteiger charge is -2.27. The van der Waals surface area contributed by atoms with Crippen LogP contribution in [0.5, 0.6) is 11.5 Å². The lowest BCUT2D eigenvalue weighted by molar-refractivity contribution is 0.212. The second kappa shape index (κ2) is 8.90. The van der Waals surface area contributed by atoms with E-state index in [0.29, 0.717) is 17.4 Å². The van der Waals surface area contributed by atoms with E-state index in [1.54, 1.807) is 7.11 Å². The summed E-state index contributed by atoms with van der Waals surface area (Å²) in [6.07, 6.45) is 4.25. The molecular formula is C28H26N2O2. The van der Waals surface area contributed by atoms with Crippen LogP contribution in [0.3, 0.4) is 0 Å². The van der Waals surface area contributed by atoms with Crippen LogP contribution in [-0.2, 0) is 6.54 Å². The Bertz CT molecular complexity index is 1160. The number of hydrogen-bond donors (Lipinski definition) is 0. The van der Waals surface area contributed by atoms with Crippen molar-refractivity contribution in [2.24, 2.45) is 5.92 Å². The van der Waals surface area contributed by atoms with E-state index in [0.717, 1.165) is 43.3 Å². The minimum absolute atomic E-state index is 0.443. The number of nitrogens with zero attached hydrogens (tertiary/aromatic N) is 2. The topological polar surface area (TPSA) is 45.5 Å². The van der Waals surface area contributed by atoms with Crippen LogP contribution in [0.4, 0.5) is 0 Å². The van der Waals surface area contributed by atoms with Crippen molar-refractivity contribution in [2.75, 3.05) is 26.8 Å². The number of nitriles is 1. The lowest BCUT2D eigenvalue weighted by atomic mass is 9.86. The van der Waals surface area contributed by atoms with Gasteiger partial charge in [-0.15, -0.1) is 0 Å². The van der Waals surface area contributed by atoms with E-state index in [1.165, 1.54) is 16.7 Å². The van der Waals surface area contributed by atoms with Crippen molar-refractivity contribution >= 4 is 12.2 Å². The Morgan fingerprint density at radius 3 is 2.41 bits per heavy atom. The summed E-state index contributed by atoms with van der Waals surface area (Å²) in [5.74, 6) is 2.75. The molecule has 5 rings (SSSR count). The first kappa shape index (κ1) is 20.4. The third-order valence-electron chi connectivity index (χ3n) is 6.48. The van der Waals surface area contributed by atoms with E-state index in [9.17, 15) is 5.26 Å². The summed E-state index contributed by atoms with van der Waals surface area (Å²) in [5, 5.41) is 9.26. The quantitative estimate of drug-likeness (QED) is 0.520. The zero-order chi connectivity index (χ0) is 21.9. The molecule has 0 aromatic heterocycles. The fraction of sp³-hybridized carbons (Fsp3) is 0.250. The van der Waals surface area contributed by atoms with Gasteiger partial charge in [0.1, 0.15) is 11.5 Å². The van der Waals surface area contributed by atoms with Crippen molar-refractivity contribution in [3.8, 4) is 17.6 Å². The highest BCUT2D eigenvalue weighted by Gasteiger charge is 2.38. The first-order valence-electron chi connectivity index (χ1n) is 11.0. The summed E-state index contributed by atoms with van der Waals surface area (Å²) < 4.78 is 11.2. The molecule has 2 heterocycles. The summed E-state index contributed by atoms with van der Waals surface area (Å²) in [5.41, 5.74) is 5.56. The van der Waals surface area contributed by atoms with E-state index in [2.05, 4.69) is 59.5 Å². The van der Waals surface area contributed by atoms with Crippen LogP contribution in [0.1, 0.15) is 33.7 Å². The molecule has 0 N–H and O–H groups in total. The molecule has 0 saturated carbocycles. The van der Waals surface area contributed by atoms with Gasteiger partial charge in [-0.3, -0.25) is 4.90 Å². The molecule has 4 nitrogen and oxygen atoms in total. The Labute approximate surface area is 189 Å². The predicted octanol–water partition coefficient (Wildman–Crippen LogP) is 5.35. The molecule has 3 aromatic carbocycles. The predicted molar refractivity (Wildman–Crippen MR) is 127 cm³/mol. The lowest BCUT2D eigenvalue weighted by Crippen LogP contribution is -2.25. The third-order valence-corrected chi connectivity index (χ3v) is 6.48. The maximum atomic E-state index is 9.26. The van der Waals surface area contributed by atoms with Gasteiger partial charge in [0, 0.05) is 37.0 Å². The van der Waals surface area contributed by atoms with Crippen LogP contribution in [-0.4, -0.2) is 31.7 Å². The van der Waals surface area contributed by atoms with Crippen molar-refractivity contribution in [3.63, 3.8) is 0 Å². The van der Waals surface area contributed by atoms with Gasteiger partial charge >= 0.3 is 0 Å². The highest BCUT2D eigenvalue weighted by atomic mass is 16.5. The number of methoxy groups -OCH3 is 1. The van der Waals surface area contributed by atoms with Crippen molar-refractivity contribution in [2.45, 2.75) is 12.5 Å². The molecule has 0 unspecified atom stereocenters. The molecule has 0 spiro atoms. The number of ether oxygens (including phenoxy) is 2. The molecule has 2 aliphatic rings. The van der Waals surface area contributed by atoms with Gasteiger partial charge in [0.05, 0.1) is 25.3 Å². The standard InChI is InChI=1S/C28H26N2O2/c1-31-25-11-8-21(9-12-25)3-2-20-4-6-22(7-5-20)16-30-17-24-19-32-28-13-10-23(15-29)14-26(28)27(24)18-30/h2-14,24,27H,16-19H2,1H3/b3-2+/t24-,27+/m1/s1. The van der Waals surface area contributed by atoms with Crippen LogP contribution < -0.4 is 9.47 Å². The summed E-state index contributed by atoms with van der Waals surface area (Å²) in [6.45, 7) is 3.73. The van der Waals surface area contributed by atoms with Crippen molar-refractivity contribution in [1.82, 2.24) is 4.90 Å². The molecule has 0 bridgehead atoms. The first-order chi connectivity index (χ1) is 15.7. The Kier molecular flexibility index (Phi) is 5.66. The molecule has 1 fully saturated rings. The Morgan fingerprint density at radius 1 is 1.00 bits per heavy atom. The molecule has 2 aliphatic heterocycles. The number of rotatable bonds is 5. The minimum atomic E-state index is 0.443. The van der Waals surface area contributed by atoms with Crippen molar-refractivity contribution in [1.29, 1.82) is 5.26 Å². The molecule has 3 aromatic rings. The van der Waals surface area contributed by atoms with Crippen LogP contribution in [0.15, 0.2) is 66.7 Å².